The number of methoxy groups -OCH3 is 1. The van der Waals surface area contributed by atoms with Crippen LogP contribution < -0.4 is 5.32 Å². The summed E-state index contributed by atoms with van der Waals surface area (Å²) in [5.74, 6) is -0.699. The highest BCUT2D eigenvalue weighted by Crippen LogP contribution is 2.06. The second-order valence-electron chi connectivity index (χ2n) is 5.17. The predicted molar refractivity (Wildman–Crippen MR) is 86.0 cm³/mol. The van der Waals surface area contributed by atoms with Crippen LogP contribution in [0.15, 0.2) is 24.3 Å². The van der Waals surface area contributed by atoms with Gasteiger partial charge in [-0.1, -0.05) is 12.1 Å². The lowest BCUT2D eigenvalue weighted by Gasteiger charge is -2.19. The molecule has 0 aliphatic rings. The standard InChI is InChI=1S/C15H23FN2O4S/c1-22-11-3-9-17-15(19)12-18(23(2,20)21)10-8-13-4-6-14(16)7-5-13/h4-7H,3,8-12H2,1-2H3,(H,17,19). The number of sulfonamides is 1. The zero-order valence-electron chi connectivity index (χ0n) is 13.4. The Hall–Kier alpha value is -1.51. The summed E-state index contributed by atoms with van der Waals surface area (Å²) in [5.41, 5.74) is 0.806. The third-order valence-electron chi connectivity index (χ3n) is 3.20. The quantitative estimate of drug-likeness (QED) is 0.636. The lowest BCUT2D eigenvalue weighted by molar-refractivity contribution is -0.121. The fraction of sp³-hybridized carbons (Fsp3) is 0.533. The summed E-state index contributed by atoms with van der Waals surface area (Å²) in [5, 5.41) is 2.65. The van der Waals surface area contributed by atoms with Gasteiger partial charge in [-0.3, -0.25) is 4.79 Å². The van der Waals surface area contributed by atoms with Crippen molar-refractivity contribution in [3.05, 3.63) is 35.6 Å². The van der Waals surface area contributed by atoms with Gasteiger partial charge < -0.3 is 10.1 Å². The van der Waals surface area contributed by atoms with Gasteiger partial charge in [0.2, 0.25) is 15.9 Å². The molecule has 0 unspecified atom stereocenters. The number of carbonyl (C=O) groups excluding carboxylic acids is 1. The number of carbonyl (C=O) groups is 1. The van der Waals surface area contributed by atoms with E-state index in [9.17, 15) is 17.6 Å². The number of amides is 1. The number of hydrogen-bond acceptors (Lipinski definition) is 4. The molecule has 0 saturated heterocycles. The van der Waals surface area contributed by atoms with Crippen molar-refractivity contribution >= 4 is 15.9 Å². The van der Waals surface area contributed by atoms with Crippen molar-refractivity contribution in [1.82, 2.24) is 9.62 Å². The predicted octanol–water partition coefficient (Wildman–Crippen LogP) is 0.783. The van der Waals surface area contributed by atoms with Crippen molar-refractivity contribution in [2.24, 2.45) is 0 Å². The SMILES string of the molecule is COCCCNC(=O)CN(CCc1ccc(F)cc1)S(C)(=O)=O. The highest BCUT2D eigenvalue weighted by Gasteiger charge is 2.19. The fourth-order valence-electron chi connectivity index (χ4n) is 1.93. The number of nitrogens with zero attached hydrogens (tertiary/aromatic N) is 1. The van der Waals surface area contributed by atoms with Crippen molar-refractivity contribution < 1.29 is 22.3 Å². The average Bonchev–Trinajstić information content (AvgIpc) is 2.48. The van der Waals surface area contributed by atoms with E-state index >= 15 is 0 Å². The molecule has 1 N–H and O–H groups in total. The number of benzene rings is 1. The minimum absolute atomic E-state index is 0.163. The molecule has 0 aliphatic heterocycles. The highest BCUT2D eigenvalue weighted by atomic mass is 32.2. The van der Waals surface area contributed by atoms with Crippen LogP contribution in [0.25, 0.3) is 0 Å². The second kappa shape index (κ2) is 9.59. The molecule has 0 saturated carbocycles. The molecule has 0 heterocycles. The number of ether oxygens (including phenoxy) is 1. The van der Waals surface area contributed by atoms with E-state index in [2.05, 4.69) is 5.32 Å². The number of hydrogen-bond donors (Lipinski definition) is 1. The van der Waals surface area contributed by atoms with Crippen LogP contribution in [-0.4, -0.2) is 58.2 Å². The molecule has 6 nitrogen and oxygen atoms in total. The summed E-state index contributed by atoms with van der Waals surface area (Å²) in [4.78, 5) is 11.8. The fourth-order valence-corrected chi connectivity index (χ4v) is 2.70. The van der Waals surface area contributed by atoms with Gasteiger partial charge in [-0.25, -0.2) is 12.8 Å². The maximum absolute atomic E-state index is 12.9. The summed E-state index contributed by atoms with van der Waals surface area (Å²) < 4.78 is 42.4. The second-order valence-corrected chi connectivity index (χ2v) is 7.15. The Morgan fingerprint density at radius 1 is 1.30 bits per heavy atom. The third-order valence-corrected chi connectivity index (χ3v) is 4.45. The van der Waals surface area contributed by atoms with E-state index in [0.29, 0.717) is 26.0 Å². The Kier molecular flexibility index (Phi) is 8.15. The van der Waals surface area contributed by atoms with Crippen LogP contribution >= 0.6 is 0 Å². The lowest BCUT2D eigenvalue weighted by atomic mass is 10.1. The van der Waals surface area contributed by atoms with Crippen molar-refractivity contribution in [1.29, 1.82) is 0 Å². The van der Waals surface area contributed by atoms with Crippen LogP contribution in [0.5, 0.6) is 0 Å². The maximum Gasteiger partial charge on any atom is 0.235 e. The molecular weight excluding hydrogens is 323 g/mol. The zero-order chi connectivity index (χ0) is 17.3. The number of nitrogens with one attached hydrogen (secondary N) is 1. The minimum atomic E-state index is -3.50. The number of halogens is 1. The molecule has 0 aromatic heterocycles. The molecule has 23 heavy (non-hydrogen) atoms. The Balaban J connectivity index is 2.53. The summed E-state index contributed by atoms with van der Waals surface area (Å²) in [6.07, 6.45) is 2.14. The monoisotopic (exact) mass is 346 g/mol. The van der Waals surface area contributed by atoms with E-state index in [0.717, 1.165) is 16.1 Å². The normalized spacial score (nSPS) is 11.7. The van der Waals surface area contributed by atoms with Gasteiger partial charge in [-0.2, -0.15) is 4.31 Å². The van der Waals surface area contributed by atoms with Gasteiger partial charge in [0.15, 0.2) is 0 Å². The zero-order valence-corrected chi connectivity index (χ0v) is 14.2. The molecule has 0 fully saturated rings. The van der Waals surface area contributed by atoms with Crippen molar-refractivity contribution in [2.45, 2.75) is 12.8 Å². The largest absolute Gasteiger partial charge is 0.385 e. The third kappa shape index (κ3) is 8.06. The van der Waals surface area contributed by atoms with Crippen LogP contribution in [0, 0.1) is 5.82 Å². The molecule has 0 aliphatic carbocycles. The molecule has 1 aromatic carbocycles. The van der Waals surface area contributed by atoms with Gasteiger partial charge >= 0.3 is 0 Å². The first-order valence-corrected chi connectivity index (χ1v) is 9.13. The Morgan fingerprint density at radius 3 is 2.52 bits per heavy atom. The van der Waals surface area contributed by atoms with Gasteiger partial charge in [0.05, 0.1) is 12.8 Å². The van der Waals surface area contributed by atoms with Crippen molar-refractivity contribution in [3.63, 3.8) is 0 Å². The maximum atomic E-state index is 12.9. The van der Waals surface area contributed by atoms with Crippen molar-refractivity contribution in [3.8, 4) is 0 Å². The van der Waals surface area contributed by atoms with Crippen LogP contribution in [0.4, 0.5) is 4.39 Å². The van der Waals surface area contributed by atoms with Gasteiger partial charge in [-0.05, 0) is 30.5 Å². The topological polar surface area (TPSA) is 75.7 Å². The molecule has 130 valence electrons. The molecule has 0 radical (unpaired) electrons. The molecule has 1 amide bonds. The molecule has 0 atom stereocenters. The Bertz CT molecular complexity index is 590. The van der Waals surface area contributed by atoms with Gasteiger partial charge in [0.1, 0.15) is 5.82 Å². The van der Waals surface area contributed by atoms with E-state index in [1.165, 1.54) is 12.1 Å². The molecular formula is C15H23FN2O4S. The van der Waals surface area contributed by atoms with E-state index < -0.39 is 10.0 Å². The Morgan fingerprint density at radius 2 is 1.96 bits per heavy atom. The van der Waals surface area contributed by atoms with Crippen molar-refractivity contribution in [2.75, 3.05) is 39.6 Å². The molecule has 1 rings (SSSR count). The minimum Gasteiger partial charge on any atom is -0.385 e. The Labute approximate surface area is 136 Å². The first-order valence-electron chi connectivity index (χ1n) is 7.28. The van der Waals surface area contributed by atoms with Crippen LogP contribution in [0.1, 0.15) is 12.0 Å². The number of rotatable bonds is 10. The molecule has 1 aromatic rings. The van der Waals surface area contributed by atoms with Crippen LogP contribution in [-0.2, 0) is 26.0 Å². The van der Waals surface area contributed by atoms with E-state index in [-0.39, 0.29) is 24.8 Å². The summed E-state index contributed by atoms with van der Waals surface area (Å²) >= 11 is 0. The van der Waals surface area contributed by atoms with Gasteiger partial charge in [-0.15, -0.1) is 0 Å². The molecule has 0 bridgehead atoms. The van der Waals surface area contributed by atoms with E-state index in [1.54, 1.807) is 19.2 Å². The van der Waals surface area contributed by atoms with E-state index in [4.69, 9.17) is 4.74 Å². The smallest absolute Gasteiger partial charge is 0.235 e. The van der Waals surface area contributed by atoms with Gasteiger partial charge in [0, 0.05) is 26.8 Å². The average molecular weight is 346 g/mol. The molecule has 8 heteroatoms. The van der Waals surface area contributed by atoms with Crippen LogP contribution in [0.2, 0.25) is 0 Å². The highest BCUT2D eigenvalue weighted by molar-refractivity contribution is 7.88. The van der Waals surface area contributed by atoms with E-state index in [1.807, 2.05) is 0 Å². The lowest BCUT2D eigenvalue weighted by Crippen LogP contribution is -2.41. The summed E-state index contributed by atoms with van der Waals surface area (Å²) in [6, 6.07) is 5.84. The van der Waals surface area contributed by atoms with Crippen LogP contribution in [0.3, 0.4) is 0 Å². The molecule has 0 spiro atoms. The summed E-state index contributed by atoms with van der Waals surface area (Å²) in [7, 11) is -1.93. The first kappa shape index (κ1) is 19.5. The van der Waals surface area contributed by atoms with Gasteiger partial charge in [0.25, 0.3) is 0 Å². The first-order chi connectivity index (χ1) is 10.8. The summed E-state index contributed by atoms with van der Waals surface area (Å²) in [6.45, 7) is 0.895.